The number of rotatable bonds is 3. The van der Waals surface area contributed by atoms with Crippen molar-refractivity contribution in [2.75, 3.05) is 7.11 Å². The molecule has 0 saturated heterocycles. The maximum absolute atomic E-state index is 6.30. The highest BCUT2D eigenvalue weighted by atomic mass is 35.6. The lowest BCUT2D eigenvalue weighted by Crippen LogP contribution is -2.82. The van der Waals surface area contributed by atoms with Gasteiger partial charge in [0.25, 0.3) is 0 Å². The summed E-state index contributed by atoms with van der Waals surface area (Å²) in [6, 6.07) is 6.86. The third-order valence-electron chi connectivity index (χ3n) is 4.16. The standard InChI is InChI=1S/C16H11Cl12N3O/c1-32-9-4-2-8(3-5-9)6-7-11(14(20,21)22)29-10(12(17,18)19)30-13(31-11,15(23,24)25)16(26,27)28/h2-7,31H,1H3,(H,29,30). The number of hydrogen-bond donors (Lipinski definition) is 2. The number of nitrogens with zero attached hydrogens (tertiary/aromatic N) is 1. The van der Waals surface area contributed by atoms with E-state index in [9.17, 15) is 0 Å². The molecule has 2 N–H and O–H groups in total. The molecule has 0 amide bonds. The molecule has 1 aromatic carbocycles. The quantitative estimate of drug-likeness (QED) is 0.316. The van der Waals surface area contributed by atoms with Crippen molar-refractivity contribution in [1.82, 2.24) is 10.6 Å². The minimum absolute atomic E-state index is 0.426. The van der Waals surface area contributed by atoms with E-state index in [0.29, 0.717) is 11.3 Å². The van der Waals surface area contributed by atoms with E-state index in [0.717, 1.165) is 0 Å². The third kappa shape index (κ3) is 6.32. The van der Waals surface area contributed by atoms with Crippen LogP contribution in [0.15, 0.2) is 35.3 Å². The van der Waals surface area contributed by atoms with Crippen molar-refractivity contribution in [3.8, 4) is 5.75 Å². The summed E-state index contributed by atoms with van der Waals surface area (Å²) in [7, 11) is 1.53. The van der Waals surface area contributed by atoms with Crippen molar-refractivity contribution in [1.29, 1.82) is 0 Å². The number of alkyl halides is 12. The zero-order chi connectivity index (χ0) is 24.8. The number of halogens is 12. The first kappa shape index (κ1) is 29.9. The summed E-state index contributed by atoms with van der Waals surface area (Å²) in [5.74, 6) is 0.200. The molecule has 1 aliphatic rings. The summed E-state index contributed by atoms with van der Waals surface area (Å²) in [6.07, 6.45) is 2.88. The van der Waals surface area contributed by atoms with E-state index in [1.54, 1.807) is 30.3 Å². The van der Waals surface area contributed by atoms with Crippen LogP contribution < -0.4 is 15.4 Å². The molecule has 32 heavy (non-hydrogen) atoms. The van der Waals surface area contributed by atoms with Crippen molar-refractivity contribution in [2.24, 2.45) is 4.99 Å². The Bertz CT molecular complexity index is 866. The van der Waals surface area contributed by atoms with E-state index in [2.05, 4.69) is 15.6 Å². The molecule has 1 heterocycles. The van der Waals surface area contributed by atoms with E-state index in [1.165, 1.54) is 13.2 Å². The van der Waals surface area contributed by atoms with Crippen molar-refractivity contribution < 1.29 is 4.74 Å². The number of hydrogen-bond acceptors (Lipinski definition) is 4. The van der Waals surface area contributed by atoms with Crippen LogP contribution in [-0.2, 0) is 0 Å². The molecule has 1 aromatic rings. The van der Waals surface area contributed by atoms with Gasteiger partial charge in [0.2, 0.25) is 15.2 Å². The lowest BCUT2D eigenvalue weighted by molar-refractivity contribution is 0.210. The number of methoxy groups -OCH3 is 1. The largest absolute Gasteiger partial charge is 0.497 e. The number of benzene rings is 1. The summed E-state index contributed by atoms with van der Waals surface area (Å²) in [6.45, 7) is 0. The molecular formula is C16H11Cl12N3O. The Morgan fingerprint density at radius 3 is 1.69 bits per heavy atom. The van der Waals surface area contributed by atoms with Crippen LogP contribution in [0.3, 0.4) is 0 Å². The predicted octanol–water partition coefficient (Wildman–Crippen LogP) is 8.17. The van der Waals surface area contributed by atoms with Crippen LogP contribution in [0.5, 0.6) is 5.75 Å². The summed E-state index contributed by atoms with van der Waals surface area (Å²) < 4.78 is -4.20. The first-order valence-corrected chi connectivity index (χ1v) is 12.6. The van der Waals surface area contributed by atoms with E-state index in [1.807, 2.05) is 0 Å². The minimum atomic E-state index is -2.41. The number of ether oxygens (including phenoxy) is 1. The van der Waals surface area contributed by atoms with Gasteiger partial charge in [-0.25, -0.2) is 4.99 Å². The van der Waals surface area contributed by atoms with E-state index in [4.69, 9.17) is 144 Å². The van der Waals surface area contributed by atoms with E-state index in [-0.39, 0.29) is 0 Å². The Balaban J connectivity index is 2.79. The second kappa shape index (κ2) is 10.2. The van der Waals surface area contributed by atoms with Gasteiger partial charge in [0, 0.05) is 0 Å². The topological polar surface area (TPSA) is 45.6 Å². The van der Waals surface area contributed by atoms with E-state index >= 15 is 0 Å². The molecule has 0 fully saturated rings. The number of amidine groups is 1. The van der Waals surface area contributed by atoms with Gasteiger partial charge in [0.05, 0.1) is 7.11 Å². The summed E-state index contributed by atoms with van der Waals surface area (Å²) in [5.41, 5.74) is -3.71. The van der Waals surface area contributed by atoms with Gasteiger partial charge in [0.15, 0.2) is 17.2 Å². The smallest absolute Gasteiger partial charge is 0.247 e. The van der Waals surface area contributed by atoms with E-state index < -0.39 is 32.3 Å². The molecule has 0 bridgehead atoms. The zero-order valence-corrected chi connectivity index (χ0v) is 24.4. The van der Waals surface area contributed by atoms with Gasteiger partial charge in [-0.1, -0.05) is 157 Å². The number of nitrogens with one attached hydrogen (secondary N) is 2. The van der Waals surface area contributed by atoms with Crippen molar-refractivity contribution in [3.63, 3.8) is 0 Å². The molecule has 0 aromatic heterocycles. The molecular weight excluding hydrogens is 676 g/mol. The highest BCUT2D eigenvalue weighted by Gasteiger charge is 2.69. The predicted molar refractivity (Wildman–Crippen MR) is 142 cm³/mol. The molecule has 1 unspecified atom stereocenters. The SMILES string of the molecule is COc1ccc(C=CC2(C(Cl)(Cl)Cl)N=C(C(Cl)(Cl)Cl)NC(C(Cl)(Cl)Cl)(C(Cl)(Cl)Cl)N2)cc1. The first-order valence-electron chi connectivity index (χ1n) is 8.06. The Kier molecular flexibility index (Phi) is 9.53. The second-order valence-corrected chi connectivity index (χ2v) is 15.4. The normalized spacial score (nSPS) is 22.5. The van der Waals surface area contributed by atoms with Crippen LogP contribution in [0, 0.1) is 0 Å². The second-order valence-electron chi connectivity index (χ2n) is 6.32. The Hall–Kier alpha value is 1.67. The monoisotopic (exact) mass is 681 g/mol. The maximum Gasteiger partial charge on any atom is 0.247 e. The van der Waals surface area contributed by atoms with Gasteiger partial charge in [0.1, 0.15) is 5.75 Å². The van der Waals surface area contributed by atoms with Crippen molar-refractivity contribution in [2.45, 2.75) is 26.5 Å². The average Bonchev–Trinajstić information content (AvgIpc) is 2.63. The lowest BCUT2D eigenvalue weighted by atomic mass is 10.0. The Morgan fingerprint density at radius 1 is 0.812 bits per heavy atom. The fraction of sp³-hybridized carbons (Fsp3) is 0.438. The van der Waals surface area contributed by atoms with Crippen LogP contribution in [0.4, 0.5) is 0 Å². The molecule has 1 aliphatic heterocycles. The average molecular weight is 687 g/mol. The molecule has 0 radical (unpaired) electrons. The fourth-order valence-corrected chi connectivity index (χ4v) is 5.12. The molecule has 0 aliphatic carbocycles. The summed E-state index contributed by atoms with van der Waals surface area (Å²) in [5, 5.41) is 5.27. The molecule has 180 valence electrons. The summed E-state index contributed by atoms with van der Waals surface area (Å²) in [4.78, 5) is 4.27. The van der Waals surface area contributed by atoms with Crippen LogP contribution in [0.1, 0.15) is 5.56 Å². The van der Waals surface area contributed by atoms with Crippen LogP contribution in [0.25, 0.3) is 6.08 Å². The van der Waals surface area contributed by atoms with Crippen LogP contribution in [0.2, 0.25) is 0 Å². The first-order chi connectivity index (χ1) is 14.3. The van der Waals surface area contributed by atoms with Crippen molar-refractivity contribution >= 4 is 151 Å². The van der Waals surface area contributed by atoms with Gasteiger partial charge < -0.3 is 10.1 Å². The third-order valence-corrected chi connectivity index (χ3v) is 7.26. The maximum atomic E-state index is 6.30. The highest BCUT2D eigenvalue weighted by molar-refractivity contribution is 6.78. The molecule has 16 heteroatoms. The Labute approximate surface area is 244 Å². The lowest BCUT2D eigenvalue weighted by Gasteiger charge is -2.54. The van der Waals surface area contributed by atoms with Gasteiger partial charge in [-0.05, 0) is 23.8 Å². The zero-order valence-electron chi connectivity index (χ0n) is 15.4. The Morgan fingerprint density at radius 2 is 1.31 bits per heavy atom. The fourth-order valence-electron chi connectivity index (χ4n) is 2.54. The van der Waals surface area contributed by atoms with Crippen LogP contribution in [-0.4, -0.2) is 39.4 Å². The molecule has 4 nitrogen and oxygen atoms in total. The van der Waals surface area contributed by atoms with Crippen LogP contribution >= 0.6 is 139 Å². The molecule has 0 saturated carbocycles. The van der Waals surface area contributed by atoms with Gasteiger partial charge in [-0.3, -0.25) is 5.32 Å². The summed E-state index contributed by atoms with van der Waals surface area (Å²) >= 11 is 74.2. The molecule has 1 atom stereocenters. The number of aliphatic imine (C=N–C) groups is 1. The highest BCUT2D eigenvalue weighted by Crippen LogP contribution is 2.55. The minimum Gasteiger partial charge on any atom is -0.497 e. The molecule has 0 spiro atoms. The van der Waals surface area contributed by atoms with Gasteiger partial charge >= 0.3 is 0 Å². The molecule has 2 rings (SSSR count). The van der Waals surface area contributed by atoms with Gasteiger partial charge in [-0.2, -0.15) is 0 Å². The van der Waals surface area contributed by atoms with Crippen molar-refractivity contribution in [3.05, 3.63) is 35.9 Å². The van der Waals surface area contributed by atoms with Gasteiger partial charge in [-0.15, -0.1) is 0 Å².